The largest absolute Gasteiger partial charge is 0.369 e. The normalized spacial score (nSPS) is 15.6. The van der Waals surface area contributed by atoms with E-state index in [-0.39, 0.29) is 11.5 Å². The molecule has 0 spiro atoms. The minimum Gasteiger partial charge on any atom is -0.369 e. The molecule has 0 radical (unpaired) electrons. The Morgan fingerprint density at radius 2 is 1.88 bits per heavy atom. The van der Waals surface area contributed by atoms with Crippen molar-refractivity contribution in [1.82, 2.24) is 25.1 Å². The molecule has 0 amide bonds. The molecule has 32 heavy (non-hydrogen) atoms. The second kappa shape index (κ2) is 8.32. The second-order valence-electron chi connectivity index (χ2n) is 7.53. The van der Waals surface area contributed by atoms with Gasteiger partial charge >= 0.3 is 0 Å². The Labute approximate surface area is 189 Å². The summed E-state index contributed by atoms with van der Waals surface area (Å²) in [5.41, 5.74) is 5.46. The average Bonchev–Trinajstić information content (AvgIpc) is 3.43. The zero-order valence-corrected chi connectivity index (χ0v) is 18.9. The molecule has 164 valence electrons. The molecule has 1 saturated heterocycles. The molecular formula is C21H21N7O2S2. The molecule has 0 bridgehead atoms. The Morgan fingerprint density at radius 3 is 2.62 bits per heavy atom. The Morgan fingerprint density at radius 1 is 1.09 bits per heavy atom. The average molecular weight is 468 g/mol. The number of hydrogen-bond donors (Lipinski definition) is 2. The van der Waals surface area contributed by atoms with Crippen molar-refractivity contribution in [3.63, 3.8) is 0 Å². The van der Waals surface area contributed by atoms with Gasteiger partial charge in [0.25, 0.3) is 0 Å². The second-order valence-corrected chi connectivity index (χ2v) is 10.7. The van der Waals surface area contributed by atoms with E-state index in [1.807, 2.05) is 42.6 Å². The van der Waals surface area contributed by atoms with Gasteiger partial charge in [0.1, 0.15) is 0 Å². The van der Waals surface area contributed by atoms with Crippen LogP contribution in [0.2, 0.25) is 0 Å². The van der Waals surface area contributed by atoms with Gasteiger partial charge in [-0.05, 0) is 25.1 Å². The maximum absolute atomic E-state index is 11.7. The lowest BCUT2D eigenvalue weighted by Gasteiger charge is -2.28. The van der Waals surface area contributed by atoms with E-state index in [1.165, 1.54) is 11.3 Å². The van der Waals surface area contributed by atoms with Crippen molar-refractivity contribution in [2.45, 2.75) is 6.92 Å². The summed E-state index contributed by atoms with van der Waals surface area (Å²) in [5, 5.41) is 13.1. The molecule has 0 atom stereocenters. The fourth-order valence-corrected chi connectivity index (χ4v) is 5.48. The van der Waals surface area contributed by atoms with Crippen molar-refractivity contribution in [3.8, 4) is 22.5 Å². The third kappa shape index (κ3) is 4.34. The van der Waals surface area contributed by atoms with Gasteiger partial charge in [0.05, 0.1) is 29.1 Å². The van der Waals surface area contributed by atoms with Crippen LogP contribution in [-0.2, 0) is 9.84 Å². The van der Waals surface area contributed by atoms with Crippen LogP contribution in [0.5, 0.6) is 0 Å². The topological polar surface area (TPSA) is 117 Å². The molecule has 4 heterocycles. The van der Waals surface area contributed by atoms with Crippen LogP contribution in [0.4, 0.5) is 16.8 Å². The SMILES string of the molecule is Cc1ccnc(Nc2nc(-c3cn[nH]c3-c3ccc(N4CCS(=O)(=O)CC4)cc3)cs2)n1. The number of nitrogens with zero attached hydrogens (tertiary/aromatic N) is 5. The summed E-state index contributed by atoms with van der Waals surface area (Å²) in [6.07, 6.45) is 3.47. The van der Waals surface area contributed by atoms with Gasteiger partial charge in [0, 0.05) is 47.2 Å². The fourth-order valence-electron chi connectivity index (χ4n) is 3.57. The first-order chi connectivity index (χ1) is 15.5. The molecule has 2 N–H and O–H groups in total. The first kappa shape index (κ1) is 20.6. The van der Waals surface area contributed by atoms with Crippen molar-refractivity contribution in [1.29, 1.82) is 0 Å². The summed E-state index contributed by atoms with van der Waals surface area (Å²) in [7, 11) is -2.90. The number of sulfone groups is 1. The van der Waals surface area contributed by atoms with Crippen LogP contribution in [0.3, 0.4) is 0 Å². The van der Waals surface area contributed by atoms with E-state index in [1.54, 1.807) is 12.4 Å². The molecule has 9 nitrogen and oxygen atoms in total. The lowest BCUT2D eigenvalue weighted by molar-refractivity contribution is 0.587. The van der Waals surface area contributed by atoms with E-state index in [2.05, 4.69) is 35.4 Å². The number of nitrogens with one attached hydrogen (secondary N) is 2. The summed E-state index contributed by atoms with van der Waals surface area (Å²) in [5.74, 6) is 0.917. The van der Waals surface area contributed by atoms with Crippen LogP contribution in [-0.4, -0.2) is 58.2 Å². The number of aryl methyl sites for hydroxylation is 1. The van der Waals surface area contributed by atoms with Crippen LogP contribution in [0.1, 0.15) is 5.69 Å². The molecule has 0 aliphatic carbocycles. The molecule has 1 aliphatic rings. The third-order valence-electron chi connectivity index (χ3n) is 5.30. The predicted molar refractivity (Wildman–Crippen MR) is 126 cm³/mol. The van der Waals surface area contributed by atoms with Crippen molar-refractivity contribution in [2.75, 3.05) is 34.8 Å². The highest BCUT2D eigenvalue weighted by Gasteiger charge is 2.22. The number of benzene rings is 1. The highest BCUT2D eigenvalue weighted by Crippen LogP contribution is 2.33. The van der Waals surface area contributed by atoms with Gasteiger partial charge in [-0.25, -0.2) is 23.4 Å². The van der Waals surface area contributed by atoms with Gasteiger partial charge in [-0.1, -0.05) is 12.1 Å². The molecule has 5 rings (SSSR count). The highest BCUT2D eigenvalue weighted by molar-refractivity contribution is 7.91. The molecule has 1 fully saturated rings. The van der Waals surface area contributed by atoms with Crippen LogP contribution in [0, 0.1) is 6.92 Å². The van der Waals surface area contributed by atoms with Crippen LogP contribution < -0.4 is 10.2 Å². The summed E-state index contributed by atoms with van der Waals surface area (Å²) < 4.78 is 23.3. The maximum atomic E-state index is 11.7. The quantitative estimate of drug-likeness (QED) is 0.459. The van der Waals surface area contributed by atoms with Gasteiger partial charge in [-0.2, -0.15) is 5.10 Å². The van der Waals surface area contributed by atoms with E-state index in [0.717, 1.165) is 33.9 Å². The van der Waals surface area contributed by atoms with E-state index in [0.29, 0.717) is 24.2 Å². The van der Waals surface area contributed by atoms with E-state index < -0.39 is 9.84 Å². The summed E-state index contributed by atoms with van der Waals surface area (Å²) in [6, 6.07) is 9.90. The number of aromatic nitrogens is 5. The van der Waals surface area contributed by atoms with Gasteiger partial charge < -0.3 is 10.2 Å². The zero-order valence-electron chi connectivity index (χ0n) is 17.3. The Kier molecular flexibility index (Phi) is 5.35. The number of hydrogen-bond acceptors (Lipinski definition) is 9. The third-order valence-corrected chi connectivity index (χ3v) is 7.67. The Balaban J connectivity index is 1.34. The molecule has 1 aliphatic heterocycles. The van der Waals surface area contributed by atoms with Crippen molar-refractivity contribution >= 4 is 37.9 Å². The summed E-state index contributed by atoms with van der Waals surface area (Å²) >= 11 is 1.47. The van der Waals surface area contributed by atoms with E-state index in [9.17, 15) is 8.42 Å². The van der Waals surface area contributed by atoms with Crippen molar-refractivity contribution in [3.05, 3.63) is 53.8 Å². The first-order valence-electron chi connectivity index (χ1n) is 10.1. The van der Waals surface area contributed by atoms with Crippen LogP contribution >= 0.6 is 11.3 Å². The van der Waals surface area contributed by atoms with Gasteiger partial charge in [0.2, 0.25) is 5.95 Å². The summed E-state index contributed by atoms with van der Waals surface area (Å²) in [4.78, 5) is 15.3. The van der Waals surface area contributed by atoms with Crippen molar-refractivity contribution in [2.24, 2.45) is 0 Å². The summed E-state index contributed by atoms with van der Waals surface area (Å²) in [6.45, 7) is 2.96. The number of anilines is 3. The highest BCUT2D eigenvalue weighted by atomic mass is 32.2. The number of aromatic amines is 1. The predicted octanol–water partition coefficient (Wildman–Crippen LogP) is 3.28. The molecule has 0 unspecified atom stereocenters. The number of H-pyrrole nitrogens is 1. The zero-order chi connectivity index (χ0) is 22.1. The van der Waals surface area contributed by atoms with Gasteiger partial charge in [-0.3, -0.25) is 5.10 Å². The van der Waals surface area contributed by atoms with Crippen molar-refractivity contribution < 1.29 is 8.42 Å². The molecule has 1 aromatic carbocycles. The molecular weight excluding hydrogens is 446 g/mol. The number of thiazole rings is 1. The standard InChI is InChI=1S/C21H21N7O2S2/c1-14-6-7-22-20(24-14)26-21-25-18(13-31-21)17-12-23-27-19(17)15-2-4-16(5-3-15)28-8-10-32(29,30)11-9-28/h2-7,12-13H,8-11H2,1H3,(H,23,27)(H,22,24,25,26). The number of rotatable bonds is 5. The fraction of sp³-hybridized carbons (Fsp3) is 0.238. The Bertz CT molecular complexity index is 1330. The maximum Gasteiger partial charge on any atom is 0.229 e. The smallest absolute Gasteiger partial charge is 0.229 e. The lowest BCUT2D eigenvalue weighted by Crippen LogP contribution is -2.40. The van der Waals surface area contributed by atoms with Gasteiger partial charge in [0.15, 0.2) is 15.0 Å². The monoisotopic (exact) mass is 467 g/mol. The van der Waals surface area contributed by atoms with E-state index >= 15 is 0 Å². The molecule has 4 aromatic rings. The minimum absolute atomic E-state index is 0.202. The van der Waals surface area contributed by atoms with Gasteiger partial charge in [-0.15, -0.1) is 11.3 Å². The van der Waals surface area contributed by atoms with Crippen LogP contribution in [0.25, 0.3) is 22.5 Å². The van der Waals surface area contributed by atoms with Crippen LogP contribution in [0.15, 0.2) is 48.1 Å². The van der Waals surface area contributed by atoms with E-state index in [4.69, 9.17) is 0 Å². The molecule has 3 aromatic heterocycles. The molecule has 0 saturated carbocycles. The lowest BCUT2D eigenvalue weighted by atomic mass is 10.1. The minimum atomic E-state index is -2.90. The first-order valence-corrected chi connectivity index (χ1v) is 12.8. The Hall–Kier alpha value is -3.31. The molecule has 11 heteroatoms.